The summed E-state index contributed by atoms with van der Waals surface area (Å²) >= 11 is 0. The third-order valence-electron chi connectivity index (χ3n) is 5.82. The van der Waals surface area contributed by atoms with Gasteiger partial charge in [0.2, 0.25) is 6.04 Å². The number of para-hydroxylation sites is 1. The molecule has 1 N–H and O–H groups in total. The monoisotopic (exact) mass is 382 g/mol. The predicted octanol–water partition coefficient (Wildman–Crippen LogP) is 5.14. The van der Waals surface area contributed by atoms with E-state index in [1.807, 2.05) is 54.6 Å². The van der Waals surface area contributed by atoms with Crippen LogP contribution in [-0.2, 0) is 6.54 Å². The molecule has 1 aliphatic carbocycles. The molecule has 28 heavy (non-hydrogen) atoms. The van der Waals surface area contributed by atoms with E-state index >= 15 is 0 Å². The average Bonchev–Trinajstić information content (AvgIpc) is 2.74. The second-order valence-electron chi connectivity index (χ2n) is 7.67. The maximum atomic E-state index is 12.1. The van der Waals surface area contributed by atoms with Gasteiger partial charge < -0.3 is 10.1 Å². The van der Waals surface area contributed by atoms with E-state index in [0.29, 0.717) is 18.9 Å². The van der Waals surface area contributed by atoms with E-state index < -0.39 is 6.04 Å². The lowest BCUT2D eigenvalue weighted by molar-refractivity contribution is -0.530. The Morgan fingerprint density at radius 1 is 1.07 bits per heavy atom. The SMILES string of the molecule is COc1ccccc1CN[C@@H](c1ccccc1)[C@@H](CC1CCCCC1)[N+](=O)[O-]. The lowest BCUT2D eigenvalue weighted by atomic mass is 9.82. The molecule has 0 spiro atoms. The molecular formula is C23H30N2O3. The number of benzene rings is 2. The topological polar surface area (TPSA) is 64.4 Å². The molecule has 1 saturated carbocycles. The average molecular weight is 383 g/mol. The zero-order valence-electron chi connectivity index (χ0n) is 16.5. The first-order valence-electron chi connectivity index (χ1n) is 10.2. The fraction of sp³-hybridized carbons (Fsp3) is 0.478. The molecule has 0 amide bonds. The summed E-state index contributed by atoms with van der Waals surface area (Å²) in [6.07, 6.45) is 6.50. The van der Waals surface area contributed by atoms with Crippen molar-refractivity contribution in [2.24, 2.45) is 5.92 Å². The fourth-order valence-corrected chi connectivity index (χ4v) is 4.31. The number of hydrogen-bond donors (Lipinski definition) is 1. The molecule has 0 aliphatic heterocycles. The highest BCUT2D eigenvalue weighted by Crippen LogP contribution is 2.32. The van der Waals surface area contributed by atoms with Crippen LogP contribution in [0.15, 0.2) is 54.6 Å². The van der Waals surface area contributed by atoms with Crippen LogP contribution in [0.2, 0.25) is 0 Å². The van der Waals surface area contributed by atoms with Crippen molar-refractivity contribution in [1.82, 2.24) is 5.32 Å². The Morgan fingerprint density at radius 3 is 2.43 bits per heavy atom. The van der Waals surface area contributed by atoms with Crippen LogP contribution in [0.5, 0.6) is 5.75 Å². The number of hydrogen-bond acceptors (Lipinski definition) is 4. The molecule has 0 heterocycles. The van der Waals surface area contributed by atoms with Crippen LogP contribution in [0.1, 0.15) is 55.7 Å². The van der Waals surface area contributed by atoms with E-state index in [1.165, 1.54) is 19.3 Å². The van der Waals surface area contributed by atoms with Crippen LogP contribution >= 0.6 is 0 Å². The molecule has 5 heteroatoms. The van der Waals surface area contributed by atoms with Crippen molar-refractivity contribution in [1.29, 1.82) is 0 Å². The van der Waals surface area contributed by atoms with Gasteiger partial charge in [0, 0.05) is 23.5 Å². The highest BCUT2D eigenvalue weighted by Gasteiger charge is 2.35. The summed E-state index contributed by atoms with van der Waals surface area (Å²) in [5.74, 6) is 1.25. The summed E-state index contributed by atoms with van der Waals surface area (Å²) in [5.41, 5.74) is 1.97. The third-order valence-corrected chi connectivity index (χ3v) is 5.82. The summed E-state index contributed by atoms with van der Waals surface area (Å²) in [6.45, 7) is 0.526. The Kier molecular flexibility index (Phi) is 7.43. The minimum atomic E-state index is -0.639. The minimum Gasteiger partial charge on any atom is -0.496 e. The molecule has 0 aromatic heterocycles. The maximum Gasteiger partial charge on any atom is 0.232 e. The first-order valence-corrected chi connectivity index (χ1v) is 10.2. The minimum absolute atomic E-state index is 0.0818. The summed E-state index contributed by atoms with van der Waals surface area (Å²) in [5, 5.41) is 15.5. The molecule has 0 saturated heterocycles. The Bertz CT molecular complexity index is 745. The zero-order chi connectivity index (χ0) is 19.8. The van der Waals surface area contributed by atoms with Gasteiger partial charge in [-0.25, -0.2) is 0 Å². The normalized spacial score (nSPS) is 17.0. The first kappa shape index (κ1) is 20.3. The van der Waals surface area contributed by atoms with Gasteiger partial charge in [-0.3, -0.25) is 10.1 Å². The molecule has 1 aliphatic rings. The molecule has 2 aromatic rings. The van der Waals surface area contributed by atoms with Crippen molar-refractivity contribution in [3.05, 3.63) is 75.8 Å². The van der Waals surface area contributed by atoms with E-state index in [-0.39, 0.29) is 11.0 Å². The quantitative estimate of drug-likeness (QED) is 0.482. The largest absolute Gasteiger partial charge is 0.496 e. The van der Waals surface area contributed by atoms with Gasteiger partial charge in [-0.1, -0.05) is 80.6 Å². The summed E-state index contributed by atoms with van der Waals surface area (Å²) in [6, 6.07) is 16.7. The van der Waals surface area contributed by atoms with Crippen molar-refractivity contribution >= 4 is 0 Å². The molecule has 3 rings (SSSR count). The zero-order valence-corrected chi connectivity index (χ0v) is 16.5. The standard InChI is InChI=1S/C23H30N2O3/c1-28-22-15-9-8-14-20(22)17-24-23(19-12-6-3-7-13-19)21(25(26)27)16-18-10-4-2-5-11-18/h3,6-9,12-15,18,21,23-24H,2,4-5,10-11,16-17H2,1H3/t21-,23+/m1/s1. The van der Waals surface area contributed by atoms with Crippen molar-refractivity contribution in [2.45, 2.75) is 57.2 Å². The Morgan fingerprint density at radius 2 is 1.75 bits per heavy atom. The highest BCUT2D eigenvalue weighted by molar-refractivity contribution is 5.33. The summed E-state index contributed by atoms with van der Waals surface area (Å²) in [7, 11) is 1.65. The first-order chi connectivity index (χ1) is 13.7. The van der Waals surface area contributed by atoms with Gasteiger partial charge >= 0.3 is 0 Å². The predicted molar refractivity (Wildman–Crippen MR) is 111 cm³/mol. The van der Waals surface area contributed by atoms with Gasteiger partial charge in [0.1, 0.15) is 11.8 Å². The Labute approximate surface area is 167 Å². The van der Waals surface area contributed by atoms with E-state index in [2.05, 4.69) is 5.32 Å². The number of methoxy groups -OCH3 is 1. The summed E-state index contributed by atoms with van der Waals surface area (Å²) < 4.78 is 5.44. The number of ether oxygens (including phenoxy) is 1. The van der Waals surface area contributed by atoms with E-state index in [4.69, 9.17) is 4.74 Å². The number of rotatable bonds is 9. The highest BCUT2D eigenvalue weighted by atomic mass is 16.6. The molecule has 0 radical (unpaired) electrons. The van der Waals surface area contributed by atoms with Crippen LogP contribution in [0.3, 0.4) is 0 Å². The van der Waals surface area contributed by atoms with Crippen LogP contribution in [-0.4, -0.2) is 18.1 Å². The van der Waals surface area contributed by atoms with Crippen LogP contribution in [0.4, 0.5) is 0 Å². The van der Waals surface area contributed by atoms with E-state index in [0.717, 1.165) is 29.7 Å². The van der Waals surface area contributed by atoms with Crippen LogP contribution in [0.25, 0.3) is 0 Å². The smallest absolute Gasteiger partial charge is 0.232 e. The fourth-order valence-electron chi connectivity index (χ4n) is 4.31. The second-order valence-corrected chi connectivity index (χ2v) is 7.67. The van der Waals surface area contributed by atoms with Gasteiger partial charge in [0.25, 0.3) is 0 Å². The van der Waals surface area contributed by atoms with Gasteiger partial charge in [0.15, 0.2) is 0 Å². The third kappa shape index (κ3) is 5.32. The Hall–Kier alpha value is -2.40. The van der Waals surface area contributed by atoms with Crippen molar-refractivity contribution in [2.75, 3.05) is 7.11 Å². The van der Waals surface area contributed by atoms with Crippen molar-refractivity contribution in [3.63, 3.8) is 0 Å². The Balaban J connectivity index is 1.81. The van der Waals surface area contributed by atoms with Gasteiger partial charge in [-0.15, -0.1) is 0 Å². The molecule has 0 unspecified atom stereocenters. The molecular weight excluding hydrogens is 352 g/mol. The molecule has 2 aromatic carbocycles. The van der Waals surface area contributed by atoms with Crippen molar-refractivity contribution < 1.29 is 9.66 Å². The van der Waals surface area contributed by atoms with E-state index in [9.17, 15) is 10.1 Å². The lowest BCUT2D eigenvalue weighted by Crippen LogP contribution is -2.38. The second kappa shape index (κ2) is 10.2. The molecule has 5 nitrogen and oxygen atoms in total. The number of nitro groups is 1. The van der Waals surface area contributed by atoms with Crippen LogP contribution < -0.4 is 10.1 Å². The maximum absolute atomic E-state index is 12.1. The van der Waals surface area contributed by atoms with E-state index in [1.54, 1.807) is 7.11 Å². The molecule has 0 bridgehead atoms. The van der Waals surface area contributed by atoms with Gasteiger partial charge in [-0.2, -0.15) is 0 Å². The number of nitrogens with one attached hydrogen (secondary N) is 1. The molecule has 150 valence electrons. The van der Waals surface area contributed by atoms with Crippen LogP contribution in [0, 0.1) is 16.0 Å². The summed E-state index contributed by atoms with van der Waals surface area (Å²) in [4.78, 5) is 12.0. The molecule has 1 fully saturated rings. The lowest BCUT2D eigenvalue weighted by Gasteiger charge is -2.28. The van der Waals surface area contributed by atoms with Gasteiger partial charge in [-0.05, 0) is 17.5 Å². The van der Waals surface area contributed by atoms with Crippen molar-refractivity contribution in [3.8, 4) is 5.75 Å². The molecule has 2 atom stereocenters. The van der Waals surface area contributed by atoms with Gasteiger partial charge in [0.05, 0.1) is 7.11 Å². The number of nitrogens with zero attached hydrogens (tertiary/aromatic N) is 1.